The van der Waals surface area contributed by atoms with Gasteiger partial charge in [-0.15, -0.1) is 0 Å². The fraction of sp³-hybridized carbons (Fsp3) is 0.600. The van der Waals surface area contributed by atoms with Crippen molar-refractivity contribution in [2.75, 3.05) is 7.05 Å². The molecule has 0 saturated heterocycles. The van der Waals surface area contributed by atoms with Crippen molar-refractivity contribution in [1.29, 1.82) is 0 Å². The van der Waals surface area contributed by atoms with Crippen LogP contribution in [0.15, 0.2) is 24.3 Å². The average Bonchev–Trinajstić information content (AvgIpc) is 2.62. The van der Waals surface area contributed by atoms with Crippen molar-refractivity contribution in [3.05, 3.63) is 35.6 Å². The molecule has 1 aliphatic rings. The van der Waals surface area contributed by atoms with Crippen LogP contribution in [0.4, 0.5) is 4.39 Å². The van der Waals surface area contributed by atoms with E-state index < -0.39 is 0 Å². The summed E-state index contributed by atoms with van der Waals surface area (Å²) < 4.78 is 12.9. The minimum atomic E-state index is -0.149. The highest BCUT2D eigenvalue weighted by Gasteiger charge is 2.22. The topological polar surface area (TPSA) is 12.0 Å². The van der Waals surface area contributed by atoms with Gasteiger partial charge in [-0.05, 0) is 43.5 Å². The van der Waals surface area contributed by atoms with Gasteiger partial charge in [0.1, 0.15) is 5.82 Å². The van der Waals surface area contributed by atoms with Gasteiger partial charge in [-0.2, -0.15) is 0 Å². The van der Waals surface area contributed by atoms with Crippen LogP contribution in [0.2, 0.25) is 0 Å². The largest absolute Gasteiger partial charge is 0.313 e. The third-order valence-electron chi connectivity index (χ3n) is 3.91. The smallest absolute Gasteiger partial charge is 0.123 e. The van der Waals surface area contributed by atoms with E-state index in [0.717, 1.165) is 0 Å². The molecule has 0 aliphatic heterocycles. The molecule has 1 aromatic carbocycles. The Morgan fingerprint density at radius 1 is 1.06 bits per heavy atom. The molecule has 94 valence electrons. The summed E-state index contributed by atoms with van der Waals surface area (Å²) in [6, 6.07) is 7.35. The van der Waals surface area contributed by atoms with E-state index in [1.165, 1.54) is 44.1 Å². The van der Waals surface area contributed by atoms with Gasteiger partial charge in [-0.25, -0.2) is 4.39 Å². The molecule has 1 aromatic rings. The van der Waals surface area contributed by atoms with E-state index in [0.29, 0.717) is 12.0 Å². The van der Waals surface area contributed by atoms with Gasteiger partial charge < -0.3 is 5.32 Å². The Bertz CT molecular complexity index is 325. The number of nitrogens with one attached hydrogen (secondary N) is 1. The van der Waals surface area contributed by atoms with Crippen molar-refractivity contribution in [3.63, 3.8) is 0 Å². The van der Waals surface area contributed by atoms with E-state index in [1.807, 2.05) is 19.2 Å². The maximum atomic E-state index is 12.9. The van der Waals surface area contributed by atoms with Crippen molar-refractivity contribution in [2.24, 2.45) is 5.92 Å². The molecule has 0 spiro atoms. The first-order chi connectivity index (χ1) is 8.31. The maximum absolute atomic E-state index is 12.9. The zero-order valence-corrected chi connectivity index (χ0v) is 10.6. The third kappa shape index (κ3) is 3.29. The maximum Gasteiger partial charge on any atom is 0.123 e. The van der Waals surface area contributed by atoms with E-state index in [2.05, 4.69) is 5.32 Å². The first-order valence-corrected chi connectivity index (χ1v) is 6.74. The lowest BCUT2D eigenvalue weighted by molar-refractivity contribution is 0.341. The number of rotatable bonds is 3. The fourth-order valence-electron chi connectivity index (χ4n) is 2.99. The molecule has 1 aliphatic carbocycles. The molecule has 2 rings (SSSR count). The highest BCUT2D eigenvalue weighted by atomic mass is 19.1. The Kier molecular flexibility index (Phi) is 4.55. The molecule has 1 nitrogen and oxygen atoms in total. The summed E-state index contributed by atoms with van der Waals surface area (Å²) >= 11 is 0. The predicted octanol–water partition coefficient (Wildman–Crippen LogP) is 4.06. The molecule has 2 heteroatoms. The van der Waals surface area contributed by atoms with E-state index in [-0.39, 0.29) is 5.82 Å². The Balaban J connectivity index is 2.11. The Labute approximate surface area is 103 Å². The molecule has 1 atom stereocenters. The van der Waals surface area contributed by atoms with Crippen molar-refractivity contribution < 1.29 is 4.39 Å². The first kappa shape index (κ1) is 12.6. The van der Waals surface area contributed by atoms with Gasteiger partial charge in [0.2, 0.25) is 0 Å². The van der Waals surface area contributed by atoms with Gasteiger partial charge in [-0.1, -0.05) is 37.8 Å². The van der Waals surface area contributed by atoms with E-state index in [9.17, 15) is 4.39 Å². The summed E-state index contributed by atoms with van der Waals surface area (Å²) in [5.74, 6) is 0.553. The Morgan fingerprint density at radius 2 is 1.65 bits per heavy atom. The average molecular weight is 235 g/mol. The van der Waals surface area contributed by atoms with Crippen molar-refractivity contribution >= 4 is 0 Å². The SMILES string of the molecule is CNC(c1ccc(F)cc1)C1CCCCCC1. The van der Waals surface area contributed by atoms with Gasteiger partial charge in [-0.3, -0.25) is 0 Å². The third-order valence-corrected chi connectivity index (χ3v) is 3.91. The van der Waals surface area contributed by atoms with Crippen LogP contribution in [0.5, 0.6) is 0 Å². The highest BCUT2D eigenvalue weighted by molar-refractivity contribution is 5.20. The van der Waals surface area contributed by atoms with E-state index in [1.54, 1.807) is 12.1 Å². The summed E-state index contributed by atoms with van der Waals surface area (Å²) in [7, 11) is 2.01. The molecule has 17 heavy (non-hydrogen) atoms. The number of benzene rings is 1. The lowest BCUT2D eigenvalue weighted by Gasteiger charge is -2.26. The number of halogens is 1. The van der Waals surface area contributed by atoms with Crippen molar-refractivity contribution in [1.82, 2.24) is 5.32 Å². The summed E-state index contributed by atoms with van der Waals surface area (Å²) in [5, 5.41) is 3.41. The predicted molar refractivity (Wildman–Crippen MR) is 69.4 cm³/mol. The van der Waals surface area contributed by atoms with Crippen molar-refractivity contribution in [2.45, 2.75) is 44.6 Å². The number of hydrogen-bond donors (Lipinski definition) is 1. The van der Waals surface area contributed by atoms with Crippen LogP contribution in [0.1, 0.15) is 50.1 Å². The standard InChI is InChI=1S/C15H22FN/c1-17-15(12-6-4-2-3-5-7-12)13-8-10-14(16)11-9-13/h8-12,15,17H,2-7H2,1H3. The molecule has 1 saturated carbocycles. The zero-order valence-electron chi connectivity index (χ0n) is 10.6. The monoisotopic (exact) mass is 235 g/mol. The van der Waals surface area contributed by atoms with Crippen LogP contribution in [0.3, 0.4) is 0 Å². The summed E-state index contributed by atoms with van der Waals surface area (Å²) in [6.07, 6.45) is 8.01. The molecule has 0 heterocycles. The van der Waals surface area contributed by atoms with E-state index in [4.69, 9.17) is 0 Å². The van der Waals surface area contributed by atoms with Gasteiger partial charge in [0.05, 0.1) is 0 Å². The van der Waals surface area contributed by atoms with Crippen LogP contribution in [-0.4, -0.2) is 7.05 Å². The molecule has 1 N–H and O–H groups in total. The lowest BCUT2D eigenvalue weighted by Crippen LogP contribution is -2.25. The first-order valence-electron chi connectivity index (χ1n) is 6.74. The zero-order chi connectivity index (χ0) is 12.1. The minimum Gasteiger partial charge on any atom is -0.313 e. The Hall–Kier alpha value is -0.890. The molecule has 0 amide bonds. The molecular weight excluding hydrogens is 213 g/mol. The molecule has 0 radical (unpaired) electrons. The Morgan fingerprint density at radius 3 is 2.18 bits per heavy atom. The van der Waals surface area contributed by atoms with Crippen molar-refractivity contribution in [3.8, 4) is 0 Å². The van der Waals surface area contributed by atoms with Crippen LogP contribution in [0, 0.1) is 11.7 Å². The molecule has 1 fully saturated rings. The lowest BCUT2D eigenvalue weighted by atomic mass is 9.87. The van der Waals surface area contributed by atoms with Crippen LogP contribution in [0.25, 0.3) is 0 Å². The fourth-order valence-corrected chi connectivity index (χ4v) is 2.99. The molecule has 1 unspecified atom stereocenters. The number of hydrogen-bond acceptors (Lipinski definition) is 1. The van der Waals surface area contributed by atoms with Gasteiger partial charge in [0, 0.05) is 6.04 Å². The summed E-state index contributed by atoms with van der Waals surface area (Å²) in [4.78, 5) is 0. The van der Waals surface area contributed by atoms with E-state index >= 15 is 0 Å². The molecule has 0 aromatic heterocycles. The quantitative estimate of drug-likeness (QED) is 0.779. The second kappa shape index (κ2) is 6.15. The van der Waals surface area contributed by atoms with Gasteiger partial charge in [0.25, 0.3) is 0 Å². The van der Waals surface area contributed by atoms with Crippen LogP contribution >= 0.6 is 0 Å². The summed E-state index contributed by atoms with van der Waals surface area (Å²) in [5.41, 5.74) is 1.22. The van der Waals surface area contributed by atoms with Gasteiger partial charge >= 0.3 is 0 Å². The second-order valence-corrected chi connectivity index (χ2v) is 5.07. The van der Waals surface area contributed by atoms with Crippen LogP contribution < -0.4 is 5.32 Å². The van der Waals surface area contributed by atoms with Crippen LogP contribution in [-0.2, 0) is 0 Å². The second-order valence-electron chi connectivity index (χ2n) is 5.07. The molecule has 0 bridgehead atoms. The normalized spacial score (nSPS) is 19.9. The molecular formula is C15H22FN. The highest BCUT2D eigenvalue weighted by Crippen LogP contribution is 2.33. The minimum absolute atomic E-state index is 0.149. The van der Waals surface area contributed by atoms with Gasteiger partial charge in [0.15, 0.2) is 0 Å². The summed E-state index contributed by atoms with van der Waals surface area (Å²) in [6.45, 7) is 0.